The van der Waals surface area contributed by atoms with Crippen LogP contribution in [0.5, 0.6) is 0 Å². The number of Topliss-reactive ketones (excluding diaryl/α,β-unsaturated/α-hetero) is 1. The lowest BCUT2D eigenvalue weighted by atomic mass is 9.87. The number of ketones is 1. The Kier molecular flexibility index (Phi) is 3.77. The van der Waals surface area contributed by atoms with Gasteiger partial charge in [-0.2, -0.15) is 0 Å². The van der Waals surface area contributed by atoms with Gasteiger partial charge in [0.1, 0.15) is 0 Å². The first kappa shape index (κ1) is 14.8. The van der Waals surface area contributed by atoms with E-state index in [0.717, 1.165) is 16.5 Å². The van der Waals surface area contributed by atoms with Gasteiger partial charge in [0.05, 0.1) is 0 Å². The third-order valence-electron chi connectivity index (χ3n) is 4.05. The third-order valence-corrected chi connectivity index (χ3v) is 4.30. The van der Waals surface area contributed by atoms with Crippen molar-refractivity contribution in [2.24, 2.45) is 0 Å². The number of methoxy groups -OCH3 is 1. The van der Waals surface area contributed by atoms with Gasteiger partial charge in [-0.1, -0.05) is 17.7 Å². The number of halogens is 1. The van der Waals surface area contributed by atoms with E-state index in [4.69, 9.17) is 16.3 Å². The van der Waals surface area contributed by atoms with Crippen molar-refractivity contribution in [3.8, 4) is 0 Å². The zero-order valence-corrected chi connectivity index (χ0v) is 13.1. The SMILES string of the molecule is COC(C)(C(=O)c1ccc(Cl)cc1)c1ccc2[nH]ccc2c1. The summed E-state index contributed by atoms with van der Waals surface area (Å²) in [6, 6.07) is 14.7. The molecule has 0 bridgehead atoms. The van der Waals surface area contributed by atoms with Crippen LogP contribution in [0, 0.1) is 0 Å². The Balaban J connectivity index is 2.06. The van der Waals surface area contributed by atoms with Gasteiger partial charge in [0, 0.05) is 29.4 Å². The molecule has 3 aromatic rings. The predicted molar refractivity (Wildman–Crippen MR) is 88.4 cm³/mol. The lowest BCUT2D eigenvalue weighted by Crippen LogP contribution is -2.34. The van der Waals surface area contributed by atoms with Gasteiger partial charge >= 0.3 is 0 Å². The second-order valence-corrected chi connectivity index (χ2v) is 5.79. The molecule has 2 aromatic carbocycles. The molecular weight excluding hydrogens is 298 g/mol. The van der Waals surface area contributed by atoms with Crippen molar-refractivity contribution in [2.45, 2.75) is 12.5 Å². The topological polar surface area (TPSA) is 42.1 Å². The first-order valence-electron chi connectivity index (χ1n) is 6.98. The van der Waals surface area contributed by atoms with Crippen molar-refractivity contribution in [1.82, 2.24) is 4.98 Å². The molecule has 0 spiro atoms. The maximum Gasteiger partial charge on any atom is 0.198 e. The van der Waals surface area contributed by atoms with Crippen LogP contribution in [0.4, 0.5) is 0 Å². The molecule has 0 radical (unpaired) electrons. The highest BCUT2D eigenvalue weighted by Gasteiger charge is 2.36. The van der Waals surface area contributed by atoms with E-state index < -0.39 is 5.60 Å². The van der Waals surface area contributed by atoms with Gasteiger partial charge in [-0.3, -0.25) is 4.79 Å². The molecule has 22 heavy (non-hydrogen) atoms. The number of aromatic nitrogens is 1. The third kappa shape index (κ3) is 2.43. The van der Waals surface area contributed by atoms with Crippen LogP contribution in [0.15, 0.2) is 54.7 Å². The van der Waals surface area contributed by atoms with Crippen LogP contribution < -0.4 is 0 Å². The van der Waals surface area contributed by atoms with Crippen LogP contribution in [-0.4, -0.2) is 17.9 Å². The van der Waals surface area contributed by atoms with Gasteiger partial charge < -0.3 is 9.72 Å². The van der Waals surface area contributed by atoms with Gasteiger partial charge in [-0.15, -0.1) is 0 Å². The van der Waals surface area contributed by atoms with E-state index in [2.05, 4.69) is 4.98 Å². The predicted octanol–water partition coefficient (Wildman–Crippen LogP) is 4.57. The molecule has 0 aliphatic carbocycles. The van der Waals surface area contributed by atoms with Crippen LogP contribution >= 0.6 is 11.6 Å². The number of carbonyl (C=O) groups is 1. The summed E-state index contributed by atoms with van der Waals surface area (Å²) in [6.45, 7) is 1.79. The fourth-order valence-electron chi connectivity index (χ4n) is 2.57. The molecule has 1 N–H and O–H groups in total. The number of rotatable bonds is 4. The molecule has 1 aromatic heterocycles. The van der Waals surface area contributed by atoms with Crippen molar-refractivity contribution < 1.29 is 9.53 Å². The van der Waals surface area contributed by atoms with Crippen molar-refractivity contribution in [3.05, 3.63) is 70.9 Å². The van der Waals surface area contributed by atoms with Gasteiger partial charge in [0.15, 0.2) is 11.4 Å². The number of ether oxygens (including phenoxy) is 1. The molecule has 1 unspecified atom stereocenters. The molecule has 4 heteroatoms. The lowest BCUT2D eigenvalue weighted by Gasteiger charge is -2.27. The van der Waals surface area contributed by atoms with Crippen molar-refractivity contribution in [1.29, 1.82) is 0 Å². The largest absolute Gasteiger partial charge is 0.366 e. The molecule has 0 aliphatic rings. The summed E-state index contributed by atoms with van der Waals surface area (Å²) >= 11 is 5.89. The Bertz CT molecular complexity index is 822. The van der Waals surface area contributed by atoms with E-state index in [9.17, 15) is 4.79 Å². The molecule has 0 fully saturated rings. The molecule has 0 amide bonds. The van der Waals surface area contributed by atoms with Crippen LogP contribution in [0.1, 0.15) is 22.8 Å². The number of H-pyrrole nitrogens is 1. The van der Waals surface area contributed by atoms with Crippen LogP contribution in [-0.2, 0) is 10.3 Å². The van der Waals surface area contributed by atoms with E-state index in [0.29, 0.717) is 10.6 Å². The fourth-order valence-corrected chi connectivity index (χ4v) is 2.69. The summed E-state index contributed by atoms with van der Waals surface area (Å²) < 4.78 is 5.60. The summed E-state index contributed by atoms with van der Waals surface area (Å²) in [6.07, 6.45) is 1.87. The molecule has 0 saturated carbocycles. The number of hydrogen-bond donors (Lipinski definition) is 1. The molecular formula is C18H16ClNO2. The van der Waals surface area contributed by atoms with E-state index in [1.165, 1.54) is 0 Å². The Morgan fingerprint density at radius 1 is 1.14 bits per heavy atom. The standard InChI is InChI=1S/C18H16ClNO2/c1-18(22-2,17(21)12-3-6-15(19)7-4-12)14-5-8-16-13(11-14)9-10-20-16/h3-11,20H,1-2H3. The maximum atomic E-state index is 12.9. The molecule has 0 aliphatic heterocycles. The van der Waals surface area contributed by atoms with Gasteiger partial charge in [-0.25, -0.2) is 0 Å². The van der Waals surface area contributed by atoms with Crippen molar-refractivity contribution in [2.75, 3.05) is 7.11 Å². The highest BCUT2D eigenvalue weighted by molar-refractivity contribution is 6.30. The number of benzene rings is 2. The van der Waals surface area contributed by atoms with Crippen molar-refractivity contribution in [3.63, 3.8) is 0 Å². The van der Waals surface area contributed by atoms with E-state index in [-0.39, 0.29) is 5.78 Å². The quantitative estimate of drug-likeness (QED) is 0.717. The Morgan fingerprint density at radius 3 is 2.55 bits per heavy atom. The smallest absolute Gasteiger partial charge is 0.198 e. The molecule has 112 valence electrons. The van der Waals surface area contributed by atoms with E-state index in [1.807, 2.05) is 30.5 Å². The van der Waals surface area contributed by atoms with Crippen LogP contribution in [0.25, 0.3) is 10.9 Å². The molecule has 0 saturated heterocycles. The van der Waals surface area contributed by atoms with Crippen molar-refractivity contribution >= 4 is 28.3 Å². The van der Waals surface area contributed by atoms with Crippen LogP contribution in [0.3, 0.4) is 0 Å². The maximum absolute atomic E-state index is 12.9. The minimum absolute atomic E-state index is 0.0958. The van der Waals surface area contributed by atoms with Gasteiger partial charge in [-0.05, 0) is 60.3 Å². The zero-order chi connectivity index (χ0) is 15.7. The number of nitrogens with one attached hydrogen (secondary N) is 1. The van der Waals surface area contributed by atoms with Crippen LogP contribution in [0.2, 0.25) is 5.02 Å². The molecule has 1 heterocycles. The second-order valence-electron chi connectivity index (χ2n) is 5.35. The first-order chi connectivity index (χ1) is 10.5. The normalized spacial score (nSPS) is 14.0. The number of hydrogen-bond acceptors (Lipinski definition) is 2. The minimum Gasteiger partial charge on any atom is -0.366 e. The second kappa shape index (κ2) is 5.59. The molecule has 3 nitrogen and oxygen atoms in total. The summed E-state index contributed by atoms with van der Waals surface area (Å²) in [7, 11) is 1.55. The Morgan fingerprint density at radius 2 is 1.86 bits per heavy atom. The average molecular weight is 314 g/mol. The monoisotopic (exact) mass is 313 g/mol. The summed E-state index contributed by atoms with van der Waals surface area (Å²) in [4.78, 5) is 16.1. The number of fused-ring (bicyclic) bond motifs is 1. The highest BCUT2D eigenvalue weighted by Crippen LogP contribution is 2.31. The Hall–Kier alpha value is -2.10. The summed E-state index contributed by atoms with van der Waals surface area (Å²) in [5, 5.41) is 1.65. The summed E-state index contributed by atoms with van der Waals surface area (Å²) in [5.41, 5.74) is 1.38. The number of carbonyl (C=O) groups excluding carboxylic acids is 1. The lowest BCUT2D eigenvalue weighted by molar-refractivity contribution is 0.0102. The zero-order valence-electron chi connectivity index (χ0n) is 12.4. The highest BCUT2D eigenvalue weighted by atomic mass is 35.5. The molecule has 1 atom stereocenters. The van der Waals surface area contributed by atoms with E-state index >= 15 is 0 Å². The fraction of sp³-hybridized carbons (Fsp3) is 0.167. The summed E-state index contributed by atoms with van der Waals surface area (Å²) in [5.74, 6) is -0.0958. The average Bonchev–Trinajstić information content (AvgIpc) is 3.01. The van der Waals surface area contributed by atoms with E-state index in [1.54, 1.807) is 38.3 Å². The Labute approximate surface area is 133 Å². The van der Waals surface area contributed by atoms with Gasteiger partial charge in [0.25, 0.3) is 0 Å². The minimum atomic E-state index is -1.04. The number of aromatic amines is 1. The molecule has 3 rings (SSSR count). The first-order valence-corrected chi connectivity index (χ1v) is 7.35. The van der Waals surface area contributed by atoms with Gasteiger partial charge in [0.2, 0.25) is 0 Å².